The van der Waals surface area contributed by atoms with Gasteiger partial charge in [0.25, 0.3) is 10.1 Å². The molecule has 0 aromatic heterocycles. The number of alkyl halides is 3. The molecule has 0 spiro atoms. The van der Waals surface area contributed by atoms with Crippen molar-refractivity contribution in [3.8, 4) is 0 Å². The standard InChI is InChI=1S/C9H11F3O3S/c1-3-4-2-5-7(3)15-16(13,14)8(5)6(4)9(10,11)12/h3-8H,2H2,1H3. The topological polar surface area (TPSA) is 43.4 Å². The molecule has 2 aliphatic carbocycles. The van der Waals surface area contributed by atoms with Crippen LogP contribution >= 0.6 is 0 Å². The van der Waals surface area contributed by atoms with Crippen LogP contribution in [0.4, 0.5) is 13.2 Å². The molecular weight excluding hydrogens is 245 g/mol. The summed E-state index contributed by atoms with van der Waals surface area (Å²) in [5, 5.41) is -1.35. The van der Waals surface area contributed by atoms with Crippen molar-refractivity contribution in [1.82, 2.24) is 0 Å². The third-order valence-corrected chi connectivity index (χ3v) is 6.15. The van der Waals surface area contributed by atoms with Crippen molar-refractivity contribution in [2.45, 2.75) is 30.9 Å². The second-order valence-electron chi connectivity index (χ2n) is 5.01. The molecule has 0 aromatic carbocycles. The first kappa shape index (κ1) is 10.8. The maximum atomic E-state index is 12.9. The van der Waals surface area contributed by atoms with Gasteiger partial charge in [-0.25, -0.2) is 0 Å². The van der Waals surface area contributed by atoms with Gasteiger partial charge in [-0.3, -0.25) is 4.18 Å². The van der Waals surface area contributed by atoms with Crippen molar-refractivity contribution in [2.75, 3.05) is 0 Å². The predicted octanol–water partition coefficient (Wildman–Crippen LogP) is 1.55. The zero-order chi connectivity index (χ0) is 11.9. The van der Waals surface area contributed by atoms with E-state index in [0.717, 1.165) is 0 Å². The third-order valence-electron chi connectivity index (χ3n) is 4.35. The van der Waals surface area contributed by atoms with Gasteiger partial charge in [0.2, 0.25) is 0 Å². The van der Waals surface area contributed by atoms with Gasteiger partial charge in [-0.1, -0.05) is 6.92 Å². The van der Waals surface area contributed by atoms with Gasteiger partial charge in [-0.2, -0.15) is 21.6 Å². The molecule has 3 rings (SSSR count). The Morgan fingerprint density at radius 2 is 1.88 bits per heavy atom. The van der Waals surface area contributed by atoms with Gasteiger partial charge in [0.1, 0.15) is 5.25 Å². The van der Waals surface area contributed by atoms with Gasteiger partial charge in [-0.15, -0.1) is 0 Å². The quantitative estimate of drug-likeness (QED) is 0.618. The number of halogens is 3. The molecule has 16 heavy (non-hydrogen) atoms. The molecule has 2 bridgehead atoms. The number of hydrogen-bond acceptors (Lipinski definition) is 3. The summed E-state index contributed by atoms with van der Waals surface area (Å²) in [7, 11) is -4.02. The van der Waals surface area contributed by atoms with Gasteiger partial charge < -0.3 is 0 Å². The lowest BCUT2D eigenvalue weighted by Crippen LogP contribution is -2.43. The minimum Gasteiger partial charge on any atom is -0.266 e. The summed E-state index contributed by atoms with van der Waals surface area (Å²) in [4.78, 5) is 0. The van der Waals surface area contributed by atoms with Crippen LogP contribution < -0.4 is 0 Å². The molecule has 6 unspecified atom stereocenters. The van der Waals surface area contributed by atoms with Crippen LogP contribution in [0.3, 0.4) is 0 Å². The van der Waals surface area contributed by atoms with Crippen molar-refractivity contribution >= 4 is 10.1 Å². The highest BCUT2D eigenvalue weighted by Gasteiger charge is 2.72. The number of rotatable bonds is 0. The van der Waals surface area contributed by atoms with E-state index >= 15 is 0 Å². The molecule has 3 aliphatic rings. The average Bonchev–Trinajstić information content (AvgIpc) is 2.66. The molecule has 0 amide bonds. The molecule has 3 nitrogen and oxygen atoms in total. The third kappa shape index (κ3) is 1.11. The van der Waals surface area contributed by atoms with E-state index in [2.05, 4.69) is 0 Å². The fraction of sp³-hybridized carbons (Fsp3) is 1.00. The highest BCUT2D eigenvalue weighted by atomic mass is 32.2. The molecule has 2 saturated carbocycles. The molecule has 1 heterocycles. The monoisotopic (exact) mass is 256 g/mol. The minimum atomic E-state index is -4.44. The predicted molar refractivity (Wildman–Crippen MR) is 47.9 cm³/mol. The van der Waals surface area contributed by atoms with Crippen LogP contribution in [0, 0.1) is 23.7 Å². The van der Waals surface area contributed by atoms with Gasteiger partial charge in [0.05, 0.1) is 12.0 Å². The smallest absolute Gasteiger partial charge is 0.266 e. The Morgan fingerprint density at radius 1 is 1.25 bits per heavy atom. The Hall–Kier alpha value is -0.300. The van der Waals surface area contributed by atoms with Crippen LogP contribution in [-0.4, -0.2) is 25.9 Å². The van der Waals surface area contributed by atoms with Gasteiger partial charge >= 0.3 is 6.18 Å². The minimum absolute atomic E-state index is 0.315. The Kier molecular flexibility index (Phi) is 1.86. The summed E-state index contributed by atoms with van der Waals surface area (Å²) < 4.78 is 66.6. The normalized spacial score (nSPS) is 53.5. The van der Waals surface area contributed by atoms with Gasteiger partial charge in [0.15, 0.2) is 0 Å². The highest BCUT2D eigenvalue weighted by molar-refractivity contribution is 7.87. The summed E-state index contributed by atoms with van der Waals surface area (Å²) in [6, 6.07) is 0. The molecule has 92 valence electrons. The molecule has 1 saturated heterocycles. The van der Waals surface area contributed by atoms with Crippen LogP contribution in [0.1, 0.15) is 13.3 Å². The molecular formula is C9H11F3O3S. The van der Waals surface area contributed by atoms with Crippen molar-refractivity contribution < 1.29 is 25.8 Å². The Balaban J connectivity index is 2.11. The van der Waals surface area contributed by atoms with Crippen LogP contribution in [0.2, 0.25) is 0 Å². The fourth-order valence-corrected chi connectivity index (χ4v) is 5.97. The summed E-state index contributed by atoms with van der Waals surface area (Å²) in [6.45, 7) is 1.66. The van der Waals surface area contributed by atoms with E-state index in [1.807, 2.05) is 0 Å². The molecule has 0 radical (unpaired) electrons. The van der Waals surface area contributed by atoms with E-state index in [1.54, 1.807) is 6.92 Å². The average molecular weight is 256 g/mol. The Labute approximate surface area is 91.1 Å². The van der Waals surface area contributed by atoms with Gasteiger partial charge in [0, 0.05) is 5.92 Å². The summed E-state index contributed by atoms with van der Waals surface area (Å²) in [5.41, 5.74) is 0. The zero-order valence-corrected chi connectivity index (χ0v) is 9.25. The van der Waals surface area contributed by atoms with E-state index in [9.17, 15) is 21.6 Å². The van der Waals surface area contributed by atoms with E-state index in [-0.39, 0.29) is 5.92 Å². The van der Waals surface area contributed by atoms with Crippen LogP contribution in [0.15, 0.2) is 0 Å². The lowest BCUT2D eigenvalue weighted by molar-refractivity contribution is -0.190. The molecule has 7 heteroatoms. The van der Waals surface area contributed by atoms with Crippen LogP contribution in [0.5, 0.6) is 0 Å². The summed E-state index contributed by atoms with van der Waals surface area (Å²) in [5.74, 6) is -3.07. The van der Waals surface area contributed by atoms with E-state index in [4.69, 9.17) is 4.18 Å². The van der Waals surface area contributed by atoms with Crippen molar-refractivity contribution in [3.63, 3.8) is 0 Å². The number of fused-ring (bicyclic) bond motifs is 1. The maximum absolute atomic E-state index is 12.9. The molecule has 3 fully saturated rings. The fourth-order valence-electron chi connectivity index (χ4n) is 3.80. The highest BCUT2D eigenvalue weighted by Crippen LogP contribution is 2.63. The second-order valence-corrected chi connectivity index (χ2v) is 6.73. The van der Waals surface area contributed by atoms with E-state index in [1.165, 1.54) is 0 Å². The summed E-state index contributed by atoms with van der Waals surface area (Å²) in [6.07, 6.45) is -4.62. The zero-order valence-electron chi connectivity index (χ0n) is 8.44. The van der Waals surface area contributed by atoms with E-state index in [0.29, 0.717) is 6.42 Å². The second kappa shape index (κ2) is 2.75. The molecule has 0 N–H and O–H groups in total. The van der Waals surface area contributed by atoms with Crippen LogP contribution in [-0.2, 0) is 14.3 Å². The van der Waals surface area contributed by atoms with Crippen molar-refractivity contribution in [2.24, 2.45) is 23.7 Å². The first-order valence-corrected chi connectivity index (χ1v) is 6.69. The lowest BCUT2D eigenvalue weighted by atomic mass is 9.79. The first-order valence-electron chi connectivity index (χ1n) is 5.22. The Bertz CT molecular complexity index is 430. The SMILES string of the molecule is CC1C2CC3C1OS(=O)(=O)C3C2C(F)(F)F. The maximum Gasteiger partial charge on any atom is 0.393 e. The first-order chi connectivity index (χ1) is 7.23. The lowest BCUT2D eigenvalue weighted by Gasteiger charge is -2.30. The van der Waals surface area contributed by atoms with Crippen molar-refractivity contribution in [3.05, 3.63) is 0 Å². The van der Waals surface area contributed by atoms with E-state index < -0.39 is 45.4 Å². The van der Waals surface area contributed by atoms with Gasteiger partial charge in [-0.05, 0) is 18.3 Å². The summed E-state index contributed by atoms with van der Waals surface area (Å²) >= 11 is 0. The van der Waals surface area contributed by atoms with Crippen molar-refractivity contribution in [1.29, 1.82) is 0 Å². The molecule has 1 aliphatic heterocycles. The Morgan fingerprint density at radius 3 is 2.44 bits per heavy atom. The number of hydrogen-bond donors (Lipinski definition) is 0. The molecule has 6 atom stereocenters. The van der Waals surface area contributed by atoms with Crippen LogP contribution in [0.25, 0.3) is 0 Å². The molecule has 0 aromatic rings. The largest absolute Gasteiger partial charge is 0.393 e.